The Kier molecular flexibility index (Phi) is 5.63. The fourth-order valence-electron chi connectivity index (χ4n) is 1.73. The quantitative estimate of drug-likeness (QED) is 0.455. The van der Waals surface area contributed by atoms with Crippen LogP contribution >= 0.6 is 11.8 Å². The number of amides is 1. The predicted octanol–water partition coefficient (Wildman–Crippen LogP) is 2.54. The van der Waals surface area contributed by atoms with Crippen LogP contribution in [-0.4, -0.2) is 31.8 Å². The van der Waals surface area contributed by atoms with Crippen LogP contribution in [0.5, 0.6) is 0 Å². The van der Waals surface area contributed by atoms with Crippen LogP contribution in [0.3, 0.4) is 0 Å². The minimum Gasteiger partial charge on any atom is -0.323 e. The lowest BCUT2D eigenvalue weighted by molar-refractivity contribution is -0.384. The first-order chi connectivity index (χ1) is 11.0. The molecule has 0 atom stereocenters. The third-order valence-corrected chi connectivity index (χ3v) is 3.61. The van der Waals surface area contributed by atoms with Gasteiger partial charge in [0.15, 0.2) is 0 Å². The molecule has 10 heteroatoms. The summed E-state index contributed by atoms with van der Waals surface area (Å²) in [5, 5.41) is 20.1. The van der Waals surface area contributed by atoms with Gasteiger partial charge in [0.2, 0.25) is 11.1 Å². The fraction of sp³-hybridized carbons (Fsp3) is 0.308. The van der Waals surface area contributed by atoms with Gasteiger partial charge in [-0.3, -0.25) is 20.0 Å². The van der Waals surface area contributed by atoms with Crippen molar-refractivity contribution < 1.29 is 14.1 Å². The average Bonchev–Trinajstić information content (AvgIpc) is 2.95. The molecule has 0 bridgehead atoms. The number of hydrogen-bond donors (Lipinski definition) is 2. The van der Waals surface area contributed by atoms with Crippen LogP contribution in [0, 0.1) is 15.9 Å². The van der Waals surface area contributed by atoms with Crippen LogP contribution in [0.2, 0.25) is 0 Å². The SMILES string of the molecule is CCCc1nc(SCC(=O)Nc2cc([N+](=O)[O-])ccc2F)n[nH]1. The smallest absolute Gasteiger partial charge is 0.271 e. The third kappa shape index (κ3) is 4.74. The van der Waals surface area contributed by atoms with E-state index in [1.54, 1.807) is 0 Å². The summed E-state index contributed by atoms with van der Waals surface area (Å²) in [5.74, 6) is -0.542. The van der Waals surface area contributed by atoms with E-state index in [1.807, 2.05) is 6.92 Å². The second-order valence-corrected chi connectivity index (χ2v) is 5.52. The topological polar surface area (TPSA) is 114 Å². The normalized spacial score (nSPS) is 10.5. The summed E-state index contributed by atoms with van der Waals surface area (Å²) >= 11 is 1.09. The molecule has 0 saturated carbocycles. The number of anilines is 1. The Labute approximate surface area is 135 Å². The number of aromatic nitrogens is 3. The number of aromatic amines is 1. The van der Waals surface area contributed by atoms with Crippen molar-refractivity contribution >= 4 is 29.0 Å². The number of aryl methyl sites for hydroxylation is 1. The molecule has 1 aromatic heterocycles. The van der Waals surface area contributed by atoms with Crippen LogP contribution in [-0.2, 0) is 11.2 Å². The summed E-state index contributed by atoms with van der Waals surface area (Å²) in [6.45, 7) is 2.01. The molecule has 1 heterocycles. The summed E-state index contributed by atoms with van der Waals surface area (Å²) in [5.41, 5.74) is -0.529. The van der Waals surface area contributed by atoms with Gasteiger partial charge in [-0.2, -0.15) is 0 Å². The number of nitro groups is 1. The zero-order valence-corrected chi connectivity index (χ0v) is 13.0. The second-order valence-electron chi connectivity index (χ2n) is 4.57. The van der Waals surface area contributed by atoms with Crippen molar-refractivity contribution in [2.45, 2.75) is 24.9 Å². The van der Waals surface area contributed by atoms with Gasteiger partial charge in [0.05, 0.1) is 16.4 Å². The third-order valence-electron chi connectivity index (χ3n) is 2.77. The lowest BCUT2D eigenvalue weighted by atomic mass is 10.2. The van der Waals surface area contributed by atoms with Crippen LogP contribution in [0.4, 0.5) is 15.8 Å². The van der Waals surface area contributed by atoms with E-state index in [9.17, 15) is 19.3 Å². The Morgan fingerprint density at radius 2 is 2.30 bits per heavy atom. The summed E-state index contributed by atoms with van der Waals surface area (Å²) in [7, 11) is 0. The molecule has 8 nitrogen and oxygen atoms in total. The molecule has 0 spiro atoms. The zero-order valence-electron chi connectivity index (χ0n) is 12.2. The highest BCUT2D eigenvalue weighted by Crippen LogP contribution is 2.22. The van der Waals surface area contributed by atoms with Crippen LogP contribution < -0.4 is 5.32 Å². The summed E-state index contributed by atoms with van der Waals surface area (Å²) in [6.07, 6.45) is 1.69. The number of nitro benzene ring substituents is 1. The molecule has 122 valence electrons. The number of carbonyl (C=O) groups excluding carboxylic acids is 1. The molecule has 1 aromatic carbocycles. The molecule has 0 radical (unpaired) electrons. The first-order valence-corrected chi connectivity index (χ1v) is 7.76. The van der Waals surface area contributed by atoms with E-state index < -0.39 is 16.6 Å². The van der Waals surface area contributed by atoms with Crippen molar-refractivity contribution in [3.8, 4) is 0 Å². The molecule has 0 unspecified atom stereocenters. The number of benzene rings is 1. The van der Waals surface area contributed by atoms with Gasteiger partial charge in [-0.05, 0) is 12.5 Å². The monoisotopic (exact) mass is 339 g/mol. The number of nitrogens with zero attached hydrogens (tertiary/aromatic N) is 3. The number of hydrogen-bond acceptors (Lipinski definition) is 6. The molecular formula is C13H14FN5O3S. The summed E-state index contributed by atoms with van der Waals surface area (Å²) < 4.78 is 13.6. The first kappa shape index (κ1) is 16.9. The van der Waals surface area contributed by atoms with Gasteiger partial charge >= 0.3 is 0 Å². The molecule has 0 aliphatic carbocycles. The van der Waals surface area contributed by atoms with E-state index in [-0.39, 0.29) is 17.1 Å². The molecule has 1 amide bonds. The highest BCUT2D eigenvalue weighted by Gasteiger charge is 2.14. The maximum atomic E-state index is 13.6. The molecule has 2 N–H and O–H groups in total. The molecular weight excluding hydrogens is 325 g/mol. The number of carbonyl (C=O) groups is 1. The van der Waals surface area contributed by atoms with Crippen molar-refractivity contribution in [1.29, 1.82) is 0 Å². The van der Waals surface area contributed by atoms with Gasteiger partial charge in [0.25, 0.3) is 5.69 Å². The van der Waals surface area contributed by atoms with Crippen LogP contribution in [0.15, 0.2) is 23.4 Å². The Hall–Kier alpha value is -2.49. The second kappa shape index (κ2) is 7.68. The van der Waals surface area contributed by atoms with E-state index in [0.29, 0.717) is 5.16 Å². The Morgan fingerprint density at radius 1 is 1.52 bits per heavy atom. The Bertz CT molecular complexity index is 721. The number of H-pyrrole nitrogens is 1. The molecule has 23 heavy (non-hydrogen) atoms. The minimum absolute atomic E-state index is 0.0362. The van der Waals surface area contributed by atoms with Crippen LogP contribution in [0.1, 0.15) is 19.2 Å². The largest absolute Gasteiger partial charge is 0.323 e. The number of non-ortho nitro benzene ring substituents is 1. The van der Waals surface area contributed by atoms with E-state index in [0.717, 1.165) is 48.6 Å². The summed E-state index contributed by atoms with van der Waals surface area (Å²) in [6, 6.07) is 2.94. The van der Waals surface area contributed by atoms with Gasteiger partial charge < -0.3 is 5.32 Å². The van der Waals surface area contributed by atoms with Gasteiger partial charge in [-0.25, -0.2) is 9.37 Å². The predicted molar refractivity (Wildman–Crippen MR) is 82.8 cm³/mol. The molecule has 2 aromatic rings. The minimum atomic E-state index is -0.739. The lowest BCUT2D eigenvalue weighted by Gasteiger charge is -2.05. The molecule has 0 aliphatic heterocycles. The van der Waals surface area contributed by atoms with Crippen molar-refractivity contribution in [3.05, 3.63) is 40.0 Å². The van der Waals surface area contributed by atoms with Gasteiger partial charge in [0.1, 0.15) is 11.6 Å². The maximum absolute atomic E-state index is 13.6. The summed E-state index contributed by atoms with van der Waals surface area (Å²) in [4.78, 5) is 26.0. The fourth-order valence-corrected chi connectivity index (χ4v) is 2.35. The van der Waals surface area contributed by atoms with Gasteiger partial charge in [-0.15, -0.1) is 5.10 Å². The Morgan fingerprint density at radius 3 is 3.00 bits per heavy atom. The van der Waals surface area contributed by atoms with Crippen LogP contribution in [0.25, 0.3) is 0 Å². The number of thioether (sulfide) groups is 1. The highest BCUT2D eigenvalue weighted by molar-refractivity contribution is 7.99. The maximum Gasteiger partial charge on any atom is 0.271 e. The highest BCUT2D eigenvalue weighted by atomic mass is 32.2. The zero-order chi connectivity index (χ0) is 16.8. The van der Waals surface area contributed by atoms with Crippen molar-refractivity contribution in [1.82, 2.24) is 15.2 Å². The standard InChI is InChI=1S/C13H14FN5O3S/c1-2-3-11-16-13(18-17-11)23-7-12(20)15-10-6-8(19(21)22)4-5-9(10)14/h4-6H,2-3,7H2,1H3,(H,15,20)(H,16,17,18). The van der Waals surface area contributed by atoms with Gasteiger partial charge in [0, 0.05) is 18.6 Å². The van der Waals surface area contributed by atoms with Crippen molar-refractivity contribution in [2.24, 2.45) is 0 Å². The van der Waals surface area contributed by atoms with E-state index in [1.165, 1.54) is 0 Å². The van der Waals surface area contributed by atoms with E-state index in [2.05, 4.69) is 20.5 Å². The van der Waals surface area contributed by atoms with E-state index in [4.69, 9.17) is 0 Å². The number of rotatable bonds is 7. The average molecular weight is 339 g/mol. The molecule has 2 rings (SSSR count). The Balaban J connectivity index is 1.94. The first-order valence-electron chi connectivity index (χ1n) is 6.77. The lowest BCUT2D eigenvalue weighted by Crippen LogP contribution is -2.15. The molecule has 0 aliphatic rings. The number of halogens is 1. The number of nitrogens with one attached hydrogen (secondary N) is 2. The van der Waals surface area contributed by atoms with Crippen molar-refractivity contribution in [3.63, 3.8) is 0 Å². The van der Waals surface area contributed by atoms with Gasteiger partial charge in [-0.1, -0.05) is 18.7 Å². The van der Waals surface area contributed by atoms with E-state index >= 15 is 0 Å². The van der Waals surface area contributed by atoms with Crippen molar-refractivity contribution in [2.75, 3.05) is 11.1 Å². The molecule has 0 saturated heterocycles. The molecule has 0 fully saturated rings.